The molecule has 1 aliphatic heterocycles. The van der Waals surface area contributed by atoms with Gasteiger partial charge in [-0.1, -0.05) is 29.8 Å². The van der Waals surface area contributed by atoms with Crippen LogP contribution in [0.4, 0.5) is 4.39 Å². The maximum atomic E-state index is 13.3. The number of carbonyl (C=O) groups is 2. The first kappa shape index (κ1) is 23.0. The fourth-order valence-corrected chi connectivity index (χ4v) is 4.83. The average Bonchev–Trinajstić information content (AvgIpc) is 3.40. The molecule has 2 atom stereocenters. The van der Waals surface area contributed by atoms with Crippen LogP contribution in [0.25, 0.3) is 0 Å². The van der Waals surface area contributed by atoms with Gasteiger partial charge in [0.25, 0.3) is 5.91 Å². The van der Waals surface area contributed by atoms with E-state index in [1.165, 1.54) is 35.6 Å². The molecule has 1 N–H and O–H groups in total. The fourth-order valence-electron chi connectivity index (χ4n) is 3.92. The number of thiophene rings is 1. The molecule has 5 rings (SSSR count). The lowest BCUT2D eigenvalue weighted by molar-refractivity contribution is -0.144. The lowest BCUT2D eigenvalue weighted by Crippen LogP contribution is -2.60. The predicted octanol–water partition coefficient (Wildman–Crippen LogP) is 5.51. The molecule has 0 radical (unpaired) electrons. The van der Waals surface area contributed by atoms with E-state index in [-0.39, 0.29) is 23.9 Å². The van der Waals surface area contributed by atoms with Crippen molar-refractivity contribution < 1.29 is 23.5 Å². The van der Waals surface area contributed by atoms with Crippen LogP contribution in [-0.4, -0.2) is 22.8 Å². The van der Waals surface area contributed by atoms with E-state index in [2.05, 4.69) is 10.3 Å². The molecule has 2 aromatic carbocycles. The first-order chi connectivity index (χ1) is 16.9. The van der Waals surface area contributed by atoms with Gasteiger partial charge in [0.2, 0.25) is 12.0 Å². The number of aromatic nitrogens is 1. The fraction of sp³-hybridized carbons (Fsp3) is 0.115. The SMILES string of the molecule is O=C1CC(c2ccsc2)(c2cccc(Oc3ccc(F)cc3)n2)NC(=O)C1Oc1ccccc1Cl. The van der Waals surface area contributed by atoms with Crippen LogP contribution in [0.15, 0.2) is 83.6 Å². The zero-order valence-corrected chi connectivity index (χ0v) is 19.7. The first-order valence-electron chi connectivity index (χ1n) is 10.6. The van der Waals surface area contributed by atoms with Gasteiger partial charge in [-0.3, -0.25) is 9.59 Å². The lowest BCUT2D eigenvalue weighted by Gasteiger charge is -2.39. The molecule has 2 unspecified atom stereocenters. The van der Waals surface area contributed by atoms with Crippen LogP contribution in [0.1, 0.15) is 17.7 Å². The molecule has 3 heterocycles. The molecule has 1 amide bonds. The molecule has 1 saturated heterocycles. The second-order valence-electron chi connectivity index (χ2n) is 7.90. The highest BCUT2D eigenvalue weighted by Gasteiger charge is 2.49. The van der Waals surface area contributed by atoms with Gasteiger partial charge in [0, 0.05) is 12.5 Å². The van der Waals surface area contributed by atoms with Gasteiger partial charge >= 0.3 is 0 Å². The molecular weight excluding hydrogens is 491 g/mol. The summed E-state index contributed by atoms with van der Waals surface area (Å²) >= 11 is 7.59. The van der Waals surface area contributed by atoms with Crippen LogP contribution in [0.5, 0.6) is 17.4 Å². The van der Waals surface area contributed by atoms with Gasteiger partial charge in [0.1, 0.15) is 22.9 Å². The van der Waals surface area contributed by atoms with E-state index in [0.717, 1.165) is 0 Å². The Morgan fingerprint density at radius 2 is 1.83 bits per heavy atom. The normalized spacial score (nSPS) is 19.8. The van der Waals surface area contributed by atoms with E-state index in [9.17, 15) is 14.0 Å². The number of hydrogen-bond donors (Lipinski definition) is 1. The van der Waals surface area contributed by atoms with Crippen molar-refractivity contribution >= 4 is 34.6 Å². The zero-order valence-electron chi connectivity index (χ0n) is 18.1. The highest BCUT2D eigenvalue weighted by molar-refractivity contribution is 7.08. The number of benzene rings is 2. The number of ketones is 1. The number of halogens is 2. The van der Waals surface area contributed by atoms with E-state index >= 15 is 0 Å². The van der Waals surface area contributed by atoms with Crippen LogP contribution in [0.3, 0.4) is 0 Å². The highest BCUT2D eigenvalue weighted by Crippen LogP contribution is 2.38. The van der Waals surface area contributed by atoms with Crippen molar-refractivity contribution in [2.45, 2.75) is 18.1 Å². The Kier molecular flexibility index (Phi) is 6.23. The topological polar surface area (TPSA) is 77.5 Å². The second-order valence-corrected chi connectivity index (χ2v) is 9.08. The van der Waals surface area contributed by atoms with Crippen molar-refractivity contribution in [3.63, 3.8) is 0 Å². The van der Waals surface area contributed by atoms with Crippen molar-refractivity contribution in [3.8, 4) is 17.4 Å². The molecule has 0 bridgehead atoms. The molecule has 35 heavy (non-hydrogen) atoms. The zero-order chi connectivity index (χ0) is 24.4. The summed E-state index contributed by atoms with van der Waals surface area (Å²) < 4.78 is 24.7. The number of nitrogens with zero attached hydrogens (tertiary/aromatic N) is 1. The summed E-state index contributed by atoms with van der Waals surface area (Å²) in [5.41, 5.74) is -0.0725. The van der Waals surface area contributed by atoms with Crippen molar-refractivity contribution in [2.24, 2.45) is 0 Å². The van der Waals surface area contributed by atoms with Crippen LogP contribution in [0.2, 0.25) is 5.02 Å². The number of Topliss-reactive ketones (excluding diaryl/α,β-unsaturated/α-hetero) is 1. The van der Waals surface area contributed by atoms with E-state index in [1.807, 2.05) is 16.8 Å². The molecule has 4 aromatic rings. The third kappa shape index (κ3) is 4.62. The Hall–Kier alpha value is -3.75. The van der Waals surface area contributed by atoms with Gasteiger partial charge in [0.05, 0.1) is 10.7 Å². The van der Waals surface area contributed by atoms with Crippen LogP contribution in [0, 0.1) is 5.82 Å². The minimum Gasteiger partial charge on any atom is -0.471 e. The van der Waals surface area contributed by atoms with Crippen LogP contribution in [-0.2, 0) is 15.1 Å². The Morgan fingerprint density at radius 3 is 2.54 bits per heavy atom. The Labute approximate surface area is 209 Å². The number of hydrogen-bond acceptors (Lipinski definition) is 6. The van der Waals surface area contributed by atoms with E-state index in [1.54, 1.807) is 42.5 Å². The smallest absolute Gasteiger partial charge is 0.269 e. The molecule has 2 aromatic heterocycles. The van der Waals surface area contributed by atoms with Gasteiger partial charge in [-0.15, -0.1) is 0 Å². The molecular formula is C26H18ClFN2O4S. The van der Waals surface area contributed by atoms with Gasteiger partial charge in [-0.05, 0) is 64.9 Å². The molecule has 0 saturated carbocycles. The first-order valence-corrected chi connectivity index (χ1v) is 12.0. The number of amides is 1. The van der Waals surface area contributed by atoms with Crippen LogP contribution >= 0.6 is 22.9 Å². The maximum Gasteiger partial charge on any atom is 0.269 e. The molecule has 1 aliphatic rings. The second kappa shape index (κ2) is 9.48. The summed E-state index contributed by atoms with van der Waals surface area (Å²) in [4.78, 5) is 31.1. The van der Waals surface area contributed by atoms with E-state index < -0.39 is 23.3 Å². The Balaban J connectivity index is 1.48. The quantitative estimate of drug-likeness (QED) is 0.348. The van der Waals surface area contributed by atoms with Gasteiger partial charge in [-0.2, -0.15) is 11.3 Å². The third-order valence-corrected chi connectivity index (χ3v) is 6.59. The monoisotopic (exact) mass is 508 g/mol. The number of ether oxygens (including phenoxy) is 2. The molecule has 0 aliphatic carbocycles. The van der Waals surface area contributed by atoms with Crippen molar-refractivity contribution in [2.75, 3.05) is 0 Å². The molecule has 176 valence electrons. The average molecular weight is 509 g/mol. The van der Waals surface area contributed by atoms with Crippen LogP contribution < -0.4 is 14.8 Å². The lowest BCUT2D eigenvalue weighted by atomic mass is 9.79. The minimum atomic E-state index is -1.35. The Bertz CT molecular complexity index is 1360. The summed E-state index contributed by atoms with van der Waals surface area (Å²) in [7, 11) is 0. The number of nitrogens with one attached hydrogen (secondary N) is 1. The molecule has 9 heteroatoms. The van der Waals surface area contributed by atoms with Gasteiger partial charge in [0.15, 0.2) is 5.78 Å². The number of piperidine rings is 1. The third-order valence-electron chi connectivity index (χ3n) is 5.60. The van der Waals surface area contributed by atoms with Crippen molar-refractivity contribution in [1.82, 2.24) is 10.3 Å². The number of para-hydroxylation sites is 1. The number of carbonyl (C=O) groups excluding carboxylic acids is 2. The van der Waals surface area contributed by atoms with Crippen molar-refractivity contribution in [3.05, 3.63) is 106 Å². The predicted molar refractivity (Wildman–Crippen MR) is 129 cm³/mol. The standard InChI is InChI=1S/C26H18ClFN2O4S/c27-19-4-1-2-5-21(19)34-24-20(31)14-26(30-25(24)32,16-12-13-35-15-16)22-6-3-7-23(29-22)33-18-10-8-17(28)9-11-18/h1-13,15,24H,14H2,(H,30,32). The summed E-state index contributed by atoms with van der Waals surface area (Å²) in [5.74, 6) is -0.506. The molecule has 6 nitrogen and oxygen atoms in total. The van der Waals surface area contributed by atoms with E-state index in [4.69, 9.17) is 21.1 Å². The number of rotatable bonds is 6. The van der Waals surface area contributed by atoms with E-state index in [0.29, 0.717) is 22.0 Å². The molecule has 0 spiro atoms. The van der Waals surface area contributed by atoms with Crippen molar-refractivity contribution in [1.29, 1.82) is 0 Å². The number of pyridine rings is 1. The largest absolute Gasteiger partial charge is 0.471 e. The van der Waals surface area contributed by atoms with Gasteiger partial charge in [-0.25, -0.2) is 9.37 Å². The van der Waals surface area contributed by atoms with Gasteiger partial charge < -0.3 is 14.8 Å². The molecule has 1 fully saturated rings. The summed E-state index contributed by atoms with van der Waals surface area (Å²) in [6.45, 7) is 0. The summed E-state index contributed by atoms with van der Waals surface area (Å²) in [6, 6.07) is 19.1. The Morgan fingerprint density at radius 1 is 1.03 bits per heavy atom. The maximum absolute atomic E-state index is 13.3. The minimum absolute atomic E-state index is 0.0857. The summed E-state index contributed by atoms with van der Waals surface area (Å²) in [6.07, 6.45) is -1.43. The summed E-state index contributed by atoms with van der Waals surface area (Å²) in [5, 5.41) is 7.00. The highest BCUT2D eigenvalue weighted by atomic mass is 35.5.